The van der Waals surface area contributed by atoms with Crippen LogP contribution in [0.3, 0.4) is 0 Å². The molecular weight excluding hydrogens is 288 g/mol. The van der Waals surface area contributed by atoms with Crippen LogP contribution in [0.4, 0.5) is 11.5 Å². The molecular formula is C10H9BrN4O2. The third-order valence-corrected chi connectivity index (χ3v) is 2.84. The van der Waals surface area contributed by atoms with Gasteiger partial charge < -0.3 is 5.73 Å². The summed E-state index contributed by atoms with van der Waals surface area (Å²) in [5.74, 6) is 0.0463. The van der Waals surface area contributed by atoms with E-state index >= 15 is 0 Å². The van der Waals surface area contributed by atoms with Crippen molar-refractivity contribution in [3.05, 3.63) is 38.9 Å². The molecule has 0 unspecified atom stereocenters. The Morgan fingerprint density at radius 3 is 2.82 bits per heavy atom. The first kappa shape index (κ1) is 11.6. The van der Waals surface area contributed by atoms with Gasteiger partial charge in [-0.15, -0.1) is 0 Å². The molecule has 1 aromatic heterocycles. The third kappa shape index (κ3) is 2.01. The van der Waals surface area contributed by atoms with E-state index in [0.717, 1.165) is 4.47 Å². The number of nitrogen functional groups attached to an aromatic ring is 1. The summed E-state index contributed by atoms with van der Waals surface area (Å²) >= 11 is 3.31. The molecule has 17 heavy (non-hydrogen) atoms. The van der Waals surface area contributed by atoms with Crippen molar-refractivity contribution in [2.75, 3.05) is 5.73 Å². The summed E-state index contributed by atoms with van der Waals surface area (Å²) in [6, 6.07) is 7.13. The van der Waals surface area contributed by atoms with E-state index in [1.165, 1.54) is 4.68 Å². The highest BCUT2D eigenvalue weighted by molar-refractivity contribution is 9.10. The smallest absolute Gasteiger partial charge is 0.338 e. The van der Waals surface area contributed by atoms with E-state index < -0.39 is 4.92 Å². The second-order valence-electron chi connectivity index (χ2n) is 3.47. The van der Waals surface area contributed by atoms with Crippen molar-refractivity contribution in [2.45, 2.75) is 0 Å². The van der Waals surface area contributed by atoms with Gasteiger partial charge in [0.05, 0.1) is 4.92 Å². The number of aromatic nitrogens is 2. The van der Waals surface area contributed by atoms with Gasteiger partial charge in [0.1, 0.15) is 0 Å². The zero-order valence-corrected chi connectivity index (χ0v) is 10.5. The first-order valence-corrected chi connectivity index (χ1v) is 5.53. The number of nitrogens with two attached hydrogens (primary N) is 1. The Morgan fingerprint density at radius 1 is 1.53 bits per heavy atom. The number of anilines is 1. The third-order valence-electron chi connectivity index (χ3n) is 2.35. The lowest BCUT2D eigenvalue weighted by Crippen LogP contribution is -1.99. The Labute approximate surface area is 105 Å². The first-order chi connectivity index (χ1) is 8.00. The Kier molecular flexibility index (Phi) is 2.84. The number of halogens is 1. The molecule has 0 atom stereocenters. The first-order valence-electron chi connectivity index (χ1n) is 4.73. The molecule has 2 aromatic rings. The molecule has 1 aromatic carbocycles. The van der Waals surface area contributed by atoms with Gasteiger partial charge in [0, 0.05) is 17.1 Å². The van der Waals surface area contributed by atoms with Crippen molar-refractivity contribution in [3.8, 4) is 11.3 Å². The van der Waals surface area contributed by atoms with Crippen molar-refractivity contribution in [1.29, 1.82) is 0 Å². The number of nitro groups is 1. The molecule has 88 valence electrons. The van der Waals surface area contributed by atoms with Crippen molar-refractivity contribution < 1.29 is 4.92 Å². The lowest BCUT2D eigenvalue weighted by atomic mass is 10.1. The molecule has 0 saturated heterocycles. The predicted molar refractivity (Wildman–Crippen MR) is 67.4 cm³/mol. The lowest BCUT2D eigenvalue weighted by molar-refractivity contribution is -0.383. The Bertz CT molecular complexity index is 594. The van der Waals surface area contributed by atoms with Crippen LogP contribution in [0.2, 0.25) is 0 Å². The maximum Gasteiger partial charge on any atom is 0.338 e. The maximum absolute atomic E-state index is 11.0. The van der Waals surface area contributed by atoms with Gasteiger partial charge in [0.25, 0.3) is 0 Å². The zero-order chi connectivity index (χ0) is 12.6. The highest BCUT2D eigenvalue weighted by Crippen LogP contribution is 2.34. The molecule has 0 saturated carbocycles. The fraction of sp³-hybridized carbons (Fsp3) is 0.100. The summed E-state index contributed by atoms with van der Waals surface area (Å²) < 4.78 is 2.13. The largest absolute Gasteiger partial charge is 0.378 e. The molecule has 0 spiro atoms. The normalized spacial score (nSPS) is 10.5. The number of hydrogen-bond donors (Lipinski definition) is 1. The highest BCUT2D eigenvalue weighted by Gasteiger charge is 2.25. The van der Waals surface area contributed by atoms with Gasteiger partial charge in [0.15, 0.2) is 5.69 Å². The van der Waals surface area contributed by atoms with E-state index in [9.17, 15) is 10.1 Å². The topological polar surface area (TPSA) is 87.0 Å². The van der Waals surface area contributed by atoms with Crippen LogP contribution in [0.15, 0.2) is 28.7 Å². The van der Waals surface area contributed by atoms with Crippen molar-refractivity contribution >= 4 is 27.4 Å². The number of rotatable bonds is 2. The molecule has 0 amide bonds. The Morgan fingerprint density at radius 2 is 2.24 bits per heavy atom. The van der Waals surface area contributed by atoms with Gasteiger partial charge in [-0.3, -0.25) is 10.1 Å². The van der Waals surface area contributed by atoms with E-state index in [4.69, 9.17) is 5.73 Å². The van der Waals surface area contributed by atoms with Crippen LogP contribution in [0.25, 0.3) is 11.3 Å². The summed E-state index contributed by atoms with van der Waals surface area (Å²) in [7, 11) is 1.57. The SMILES string of the molecule is Cn1nc(-c2cccc(Br)c2)c([N+](=O)[O-])c1N. The minimum Gasteiger partial charge on any atom is -0.378 e. The summed E-state index contributed by atoms with van der Waals surface area (Å²) in [5, 5.41) is 15.0. The van der Waals surface area contributed by atoms with E-state index in [1.54, 1.807) is 25.2 Å². The van der Waals surface area contributed by atoms with Crippen molar-refractivity contribution in [3.63, 3.8) is 0 Å². The molecule has 0 radical (unpaired) electrons. The molecule has 0 bridgehead atoms. The standard InChI is InChI=1S/C10H9BrN4O2/c1-14-10(12)9(15(16)17)8(13-14)6-3-2-4-7(11)5-6/h2-5H,12H2,1H3. The summed E-state index contributed by atoms with van der Waals surface area (Å²) in [6.45, 7) is 0. The van der Waals surface area contributed by atoms with Crippen LogP contribution in [0.5, 0.6) is 0 Å². The molecule has 2 N–H and O–H groups in total. The molecule has 0 aliphatic rings. The molecule has 1 heterocycles. The van der Waals surface area contributed by atoms with Crippen molar-refractivity contribution in [2.24, 2.45) is 7.05 Å². The van der Waals surface area contributed by atoms with Gasteiger partial charge in [-0.1, -0.05) is 28.1 Å². The van der Waals surface area contributed by atoms with E-state index in [-0.39, 0.29) is 17.2 Å². The molecule has 0 aliphatic heterocycles. The van der Waals surface area contributed by atoms with Gasteiger partial charge in [0.2, 0.25) is 5.82 Å². The van der Waals surface area contributed by atoms with Crippen LogP contribution in [0, 0.1) is 10.1 Å². The monoisotopic (exact) mass is 296 g/mol. The van der Waals surface area contributed by atoms with Crippen LogP contribution < -0.4 is 5.73 Å². The van der Waals surface area contributed by atoms with E-state index in [1.807, 2.05) is 6.07 Å². The summed E-state index contributed by atoms with van der Waals surface area (Å²) in [5.41, 5.74) is 6.39. The van der Waals surface area contributed by atoms with E-state index in [0.29, 0.717) is 5.56 Å². The van der Waals surface area contributed by atoms with Gasteiger partial charge >= 0.3 is 5.69 Å². The molecule has 0 fully saturated rings. The fourth-order valence-electron chi connectivity index (χ4n) is 1.54. The minimum atomic E-state index is -0.515. The Hall–Kier alpha value is -1.89. The second kappa shape index (κ2) is 4.17. The van der Waals surface area contributed by atoms with Crippen molar-refractivity contribution in [1.82, 2.24) is 9.78 Å². The second-order valence-corrected chi connectivity index (χ2v) is 4.39. The van der Waals surface area contributed by atoms with E-state index in [2.05, 4.69) is 21.0 Å². The summed E-state index contributed by atoms with van der Waals surface area (Å²) in [6.07, 6.45) is 0. The molecule has 2 rings (SSSR count). The predicted octanol–water partition coefficient (Wildman–Crippen LogP) is 2.34. The molecule has 6 nitrogen and oxygen atoms in total. The lowest BCUT2D eigenvalue weighted by Gasteiger charge is -1.97. The minimum absolute atomic E-state index is 0.0463. The number of benzene rings is 1. The highest BCUT2D eigenvalue weighted by atomic mass is 79.9. The quantitative estimate of drug-likeness (QED) is 0.680. The zero-order valence-electron chi connectivity index (χ0n) is 8.92. The number of aryl methyl sites for hydroxylation is 1. The maximum atomic E-state index is 11.0. The van der Waals surface area contributed by atoms with Crippen LogP contribution >= 0.6 is 15.9 Å². The van der Waals surface area contributed by atoms with Gasteiger partial charge in [-0.05, 0) is 12.1 Å². The molecule has 7 heteroatoms. The fourth-order valence-corrected chi connectivity index (χ4v) is 1.94. The van der Waals surface area contributed by atoms with Gasteiger partial charge in [-0.2, -0.15) is 5.10 Å². The number of nitrogens with zero attached hydrogens (tertiary/aromatic N) is 3. The number of hydrogen-bond acceptors (Lipinski definition) is 4. The average molecular weight is 297 g/mol. The summed E-state index contributed by atoms with van der Waals surface area (Å²) in [4.78, 5) is 10.5. The van der Waals surface area contributed by atoms with Crippen LogP contribution in [0.1, 0.15) is 0 Å². The van der Waals surface area contributed by atoms with Gasteiger partial charge in [-0.25, -0.2) is 4.68 Å². The molecule has 0 aliphatic carbocycles. The average Bonchev–Trinajstić information content (AvgIpc) is 2.55. The van der Waals surface area contributed by atoms with Crippen LogP contribution in [-0.2, 0) is 7.05 Å². The van der Waals surface area contributed by atoms with Crippen LogP contribution in [-0.4, -0.2) is 14.7 Å². The Balaban J connectivity index is 2.67.